The Bertz CT molecular complexity index is 279. The molecule has 0 N–H and O–H groups in total. The first-order valence-electron chi connectivity index (χ1n) is 3.53. The summed E-state index contributed by atoms with van der Waals surface area (Å²) in [6.07, 6.45) is 1.55. The average molecular weight is 225 g/mol. The Hall–Kier alpha value is -0.540. The minimum Gasteiger partial charge on any atom is -0.375 e. The van der Waals surface area contributed by atoms with Gasteiger partial charge in [-0.15, -0.1) is 24.0 Å². The van der Waals surface area contributed by atoms with E-state index < -0.39 is 0 Å². The van der Waals surface area contributed by atoms with Crippen molar-refractivity contribution in [3.8, 4) is 0 Å². The Labute approximate surface area is 88.1 Å². The van der Waals surface area contributed by atoms with E-state index in [0.717, 1.165) is 0 Å². The van der Waals surface area contributed by atoms with E-state index in [1.807, 2.05) is 0 Å². The summed E-state index contributed by atoms with van der Waals surface area (Å²) in [4.78, 5) is 5.49. The van der Waals surface area contributed by atoms with Crippen LogP contribution in [0.2, 0.25) is 0 Å². The first-order chi connectivity index (χ1) is 5.66. The number of nitrogens with zero attached hydrogens (tertiary/aromatic N) is 2. The third kappa shape index (κ3) is 2.71. The number of pyridine rings is 1. The second-order valence-corrected chi connectivity index (χ2v) is 2.89. The monoisotopic (exact) mass is 224 g/mol. The molecule has 0 amide bonds. The van der Waals surface area contributed by atoms with E-state index in [1.165, 1.54) is 0 Å². The van der Waals surface area contributed by atoms with E-state index in [9.17, 15) is 4.39 Å². The fourth-order valence-electron chi connectivity index (χ4n) is 0.914. The van der Waals surface area contributed by atoms with Crippen molar-refractivity contribution in [2.45, 2.75) is 5.88 Å². The van der Waals surface area contributed by atoms with Gasteiger partial charge in [0, 0.05) is 20.3 Å². The van der Waals surface area contributed by atoms with Gasteiger partial charge in [-0.3, -0.25) is 4.98 Å². The molecule has 0 aliphatic rings. The van der Waals surface area contributed by atoms with E-state index in [2.05, 4.69) is 4.98 Å². The lowest BCUT2D eigenvalue weighted by Gasteiger charge is -2.13. The van der Waals surface area contributed by atoms with Gasteiger partial charge in [-0.1, -0.05) is 0 Å². The molecule has 0 fully saturated rings. The molecule has 0 aliphatic heterocycles. The lowest BCUT2D eigenvalue weighted by molar-refractivity contribution is 0.606. The van der Waals surface area contributed by atoms with Gasteiger partial charge in [-0.25, -0.2) is 4.39 Å². The number of rotatable bonds is 2. The van der Waals surface area contributed by atoms with Crippen LogP contribution in [0.15, 0.2) is 12.3 Å². The Kier molecular flexibility index (Phi) is 5.03. The molecule has 74 valence electrons. The minimum atomic E-state index is -0.336. The van der Waals surface area contributed by atoms with Crippen LogP contribution < -0.4 is 4.90 Å². The molecule has 1 heterocycles. The van der Waals surface area contributed by atoms with Gasteiger partial charge in [0.2, 0.25) is 0 Å². The maximum absolute atomic E-state index is 13.3. The number of aromatic nitrogens is 1. The molecule has 5 heteroatoms. The third-order valence-electron chi connectivity index (χ3n) is 1.55. The molecule has 13 heavy (non-hydrogen) atoms. The first kappa shape index (κ1) is 12.5. The molecule has 0 aromatic carbocycles. The molecule has 0 saturated carbocycles. The van der Waals surface area contributed by atoms with Gasteiger partial charge in [0.05, 0.1) is 17.3 Å². The summed E-state index contributed by atoms with van der Waals surface area (Å²) in [7, 11) is 3.55. The molecule has 0 atom stereocenters. The van der Waals surface area contributed by atoms with Crippen molar-refractivity contribution in [1.29, 1.82) is 0 Å². The van der Waals surface area contributed by atoms with Gasteiger partial charge in [0.15, 0.2) is 5.82 Å². The normalized spacial score (nSPS) is 9.23. The largest absolute Gasteiger partial charge is 0.375 e. The fraction of sp³-hybridized carbons (Fsp3) is 0.375. The van der Waals surface area contributed by atoms with Crippen molar-refractivity contribution in [3.05, 3.63) is 23.8 Å². The standard InChI is InChI=1S/C8H10ClFN2.ClH/c1-12(2)7-3-4-11-6(5-9)8(7)10;/h3-4H,5H2,1-2H3;1H. The molecule has 2 nitrogen and oxygen atoms in total. The summed E-state index contributed by atoms with van der Waals surface area (Å²) in [6.45, 7) is 0. The van der Waals surface area contributed by atoms with Crippen LogP contribution in [0.25, 0.3) is 0 Å². The highest BCUT2D eigenvalue weighted by molar-refractivity contribution is 6.16. The van der Waals surface area contributed by atoms with Crippen molar-refractivity contribution < 1.29 is 4.39 Å². The Morgan fingerprint density at radius 3 is 2.62 bits per heavy atom. The maximum Gasteiger partial charge on any atom is 0.169 e. The third-order valence-corrected chi connectivity index (χ3v) is 1.80. The number of anilines is 1. The topological polar surface area (TPSA) is 16.1 Å². The minimum absolute atomic E-state index is 0. The predicted molar refractivity (Wildman–Crippen MR) is 55.3 cm³/mol. The van der Waals surface area contributed by atoms with Gasteiger partial charge in [0.1, 0.15) is 0 Å². The average Bonchev–Trinajstić information content (AvgIpc) is 2.04. The molecule has 1 aromatic rings. The molecular weight excluding hydrogens is 214 g/mol. The summed E-state index contributed by atoms with van der Waals surface area (Å²) >= 11 is 5.49. The lowest BCUT2D eigenvalue weighted by Crippen LogP contribution is -2.12. The van der Waals surface area contributed by atoms with Gasteiger partial charge in [-0.2, -0.15) is 0 Å². The van der Waals surface area contributed by atoms with Gasteiger partial charge in [-0.05, 0) is 6.07 Å². The van der Waals surface area contributed by atoms with Crippen LogP contribution in [0.5, 0.6) is 0 Å². The van der Waals surface area contributed by atoms with Gasteiger partial charge < -0.3 is 4.90 Å². The van der Waals surface area contributed by atoms with Gasteiger partial charge in [0.25, 0.3) is 0 Å². The van der Waals surface area contributed by atoms with Crippen LogP contribution in [0, 0.1) is 5.82 Å². The van der Waals surface area contributed by atoms with E-state index in [4.69, 9.17) is 11.6 Å². The summed E-state index contributed by atoms with van der Waals surface area (Å²) in [5.74, 6) is -0.231. The maximum atomic E-state index is 13.3. The van der Waals surface area contributed by atoms with E-state index >= 15 is 0 Å². The van der Waals surface area contributed by atoms with Crippen LogP contribution in [0.1, 0.15) is 5.69 Å². The number of hydrogen-bond donors (Lipinski definition) is 0. The molecule has 0 unspecified atom stereocenters. The van der Waals surface area contributed by atoms with Crippen LogP contribution >= 0.6 is 24.0 Å². The number of hydrogen-bond acceptors (Lipinski definition) is 2. The lowest BCUT2D eigenvalue weighted by atomic mass is 10.3. The number of halogens is 3. The molecule has 0 saturated heterocycles. The second-order valence-electron chi connectivity index (χ2n) is 2.62. The van der Waals surface area contributed by atoms with E-state index in [0.29, 0.717) is 11.4 Å². The van der Waals surface area contributed by atoms with E-state index in [-0.39, 0.29) is 24.1 Å². The highest BCUT2D eigenvalue weighted by Crippen LogP contribution is 2.19. The Morgan fingerprint density at radius 1 is 1.54 bits per heavy atom. The highest BCUT2D eigenvalue weighted by atomic mass is 35.5. The smallest absolute Gasteiger partial charge is 0.169 e. The zero-order valence-electron chi connectivity index (χ0n) is 7.42. The molecule has 0 aliphatic carbocycles. The van der Waals surface area contributed by atoms with Crippen molar-refractivity contribution >= 4 is 29.7 Å². The van der Waals surface area contributed by atoms with Crippen LogP contribution in [0.4, 0.5) is 10.1 Å². The Morgan fingerprint density at radius 2 is 2.15 bits per heavy atom. The summed E-state index contributed by atoms with van der Waals surface area (Å²) in [5.41, 5.74) is 0.809. The zero-order valence-corrected chi connectivity index (χ0v) is 8.99. The zero-order chi connectivity index (χ0) is 9.14. The summed E-state index contributed by atoms with van der Waals surface area (Å²) < 4.78 is 13.3. The molecule has 0 spiro atoms. The van der Waals surface area contributed by atoms with Gasteiger partial charge >= 0.3 is 0 Å². The quantitative estimate of drug-likeness (QED) is 0.718. The predicted octanol–water partition coefficient (Wildman–Crippen LogP) is 2.45. The molecule has 0 radical (unpaired) electrons. The first-order valence-corrected chi connectivity index (χ1v) is 4.07. The summed E-state index contributed by atoms with van der Waals surface area (Å²) in [6, 6.07) is 1.62. The summed E-state index contributed by atoms with van der Waals surface area (Å²) in [5, 5.41) is 0. The SMILES string of the molecule is CN(C)c1ccnc(CCl)c1F.Cl. The van der Waals surface area contributed by atoms with Crippen molar-refractivity contribution in [3.63, 3.8) is 0 Å². The van der Waals surface area contributed by atoms with Crippen LogP contribution in [-0.2, 0) is 5.88 Å². The molecule has 0 bridgehead atoms. The number of alkyl halides is 1. The van der Waals surface area contributed by atoms with Crippen LogP contribution in [0.3, 0.4) is 0 Å². The van der Waals surface area contributed by atoms with Crippen molar-refractivity contribution in [1.82, 2.24) is 4.98 Å². The fourth-order valence-corrected chi connectivity index (χ4v) is 1.10. The second kappa shape index (κ2) is 5.25. The van der Waals surface area contributed by atoms with E-state index in [1.54, 1.807) is 31.3 Å². The molecule has 1 aromatic heterocycles. The highest BCUT2D eigenvalue weighted by Gasteiger charge is 2.08. The van der Waals surface area contributed by atoms with Crippen LogP contribution in [-0.4, -0.2) is 19.1 Å². The Balaban J connectivity index is 0.00000144. The molecular formula is C8H11Cl2FN2. The molecule has 1 rings (SSSR count). The van der Waals surface area contributed by atoms with Crippen molar-refractivity contribution in [2.24, 2.45) is 0 Å². The van der Waals surface area contributed by atoms with Crippen molar-refractivity contribution in [2.75, 3.05) is 19.0 Å².